The van der Waals surface area contributed by atoms with Crippen molar-refractivity contribution in [2.24, 2.45) is 0 Å². The fourth-order valence-corrected chi connectivity index (χ4v) is 6.10. The van der Waals surface area contributed by atoms with Crippen molar-refractivity contribution in [2.75, 3.05) is 84.8 Å². The monoisotopic (exact) mass is 805 g/mol. The van der Waals surface area contributed by atoms with Crippen molar-refractivity contribution in [3.05, 3.63) is 77.1 Å². The maximum Gasteiger partial charge on any atom is 0.259 e. The first-order valence-electron chi connectivity index (χ1n) is 17.6. The summed E-state index contributed by atoms with van der Waals surface area (Å²) in [4.78, 5) is 55.7. The lowest BCUT2D eigenvalue weighted by Crippen LogP contribution is -2.47. The number of likely N-dealkylation sites (N-methyl/N-ethyl adjacent to an activating group) is 2. The zero-order chi connectivity index (χ0) is 36.5. The number of methoxy groups -OCH3 is 1. The number of aromatic nitrogens is 2. The minimum Gasteiger partial charge on any atom is -0.496 e. The van der Waals surface area contributed by atoms with Crippen LogP contribution in [0.4, 0.5) is 11.4 Å². The van der Waals surface area contributed by atoms with Crippen LogP contribution in [0.5, 0.6) is 11.5 Å². The van der Waals surface area contributed by atoms with Crippen molar-refractivity contribution >= 4 is 77.4 Å². The lowest BCUT2D eigenvalue weighted by atomic mass is 10.1. The average Bonchev–Trinajstić information content (AvgIpc) is 3.56. The van der Waals surface area contributed by atoms with Crippen LogP contribution in [0.3, 0.4) is 0 Å². The molecule has 0 spiro atoms. The number of fused-ring (bicyclic) bond motifs is 1. The summed E-state index contributed by atoms with van der Waals surface area (Å²) in [7, 11) is 9.29. The minimum atomic E-state index is -0.373. The molecule has 3 amide bonds. The number of H-pyrrole nitrogens is 1. The summed E-state index contributed by atoms with van der Waals surface area (Å²) < 4.78 is 11.8. The highest BCUT2D eigenvalue weighted by Crippen LogP contribution is 2.31. The van der Waals surface area contributed by atoms with Gasteiger partial charge in [-0.05, 0) is 95.4 Å². The van der Waals surface area contributed by atoms with E-state index in [4.69, 9.17) is 14.5 Å². The van der Waals surface area contributed by atoms with E-state index in [0.717, 1.165) is 75.3 Å². The van der Waals surface area contributed by atoms with Gasteiger partial charge in [-0.2, -0.15) is 0 Å². The van der Waals surface area contributed by atoms with Gasteiger partial charge in [0.25, 0.3) is 11.8 Å². The molecule has 1 fully saturated rings. The van der Waals surface area contributed by atoms with Gasteiger partial charge in [0.05, 0.1) is 36.2 Å². The van der Waals surface area contributed by atoms with E-state index in [1.54, 1.807) is 30.1 Å². The van der Waals surface area contributed by atoms with E-state index in [9.17, 15) is 14.4 Å². The third-order valence-corrected chi connectivity index (χ3v) is 9.23. The first kappa shape index (κ1) is 46.1. The van der Waals surface area contributed by atoms with Crippen molar-refractivity contribution in [3.63, 3.8) is 0 Å². The fourth-order valence-electron chi connectivity index (χ4n) is 6.10. The third kappa shape index (κ3) is 12.0. The molecule has 0 atom stereocenters. The van der Waals surface area contributed by atoms with Crippen LogP contribution in [-0.2, 0) is 11.2 Å². The fraction of sp³-hybridized carbons (Fsp3) is 0.436. The number of nitrogens with zero attached hydrogens (tertiary/aromatic N) is 5. The van der Waals surface area contributed by atoms with Crippen molar-refractivity contribution in [1.82, 2.24) is 24.7 Å². The van der Waals surface area contributed by atoms with Crippen molar-refractivity contribution in [2.45, 2.75) is 39.0 Å². The summed E-state index contributed by atoms with van der Waals surface area (Å²) in [6.07, 6.45) is 3.81. The summed E-state index contributed by atoms with van der Waals surface area (Å²) in [6, 6.07) is 16.2. The summed E-state index contributed by atoms with van der Waals surface area (Å²) in [5, 5.41) is 2.97. The maximum absolute atomic E-state index is 13.8. The first-order chi connectivity index (χ1) is 24.5. The standard InChI is InChI=1S/C39H51N7O5.3ClH/c1-27-14-17-32(34(25-27)51-24-9-7-8-13-36(47)46-22-20-44(4)21-23-46)45(5)39(49)28-15-16-29(33(26-28)50-6)38(48)41-31-12-10-11-30-37(31)42-35(40-30)18-19-43(2)3;;;/h10-12,14-17,25-26H,7-9,13,18-24H2,1-6H3,(H,40,42)(H,41,48);3*1H. The highest BCUT2D eigenvalue weighted by molar-refractivity contribution is 6.11. The largest absolute Gasteiger partial charge is 0.496 e. The molecular formula is C39H54Cl3N7O5. The Morgan fingerprint density at radius 3 is 2.35 bits per heavy atom. The van der Waals surface area contributed by atoms with Crippen LogP contribution in [0.1, 0.15) is 57.8 Å². The van der Waals surface area contributed by atoms with Crippen LogP contribution in [0, 0.1) is 6.92 Å². The highest BCUT2D eigenvalue weighted by atomic mass is 35.5. The molecule has 4 aromatic rings. The van der Waals surface area contributed by atoms with E-state index >= 15 is 0 Å². The Bertz CT molecular complexity index is 1850. The number of hydrogen-bond acceptors (Lipinski definition) is 8. The van der Waals surface area contributed by atoms with Gasteiger partial charge >= 0.3 is 0 Å². The quantitative estimate of drug-likeness (QED) is 0.131. The van der Waals surface area contributed by atoms with E-state index in [-0.39, 0.29) is 60.7 Å². The molecule has 1 aliphatic rings. The number of amides is 3. The predicted octanol–water partition coefficient (Wildman–Crippen LogP) is 6.49. The van der Waals surface area contributed by atoms with Crippen LogP contribution in [-0.4, -0.2) is 117 Å². The smallest absolute Gasteiger partial charge is 0.259 e. The number of nitrogens with one attached hydrogen (secondary N) is 2. The number of hydrogen-bond donors (Lipinski definition) is 2. The van der Waals surface area contributed by atoms with Crippen molar-refractivity contribution < 1.29 is 23.9 Å². The number of aryl methyl sites for hydroxylation is 1. The molecule has 2 N–H and O–H groups in total. The van der Waals surface area contributed by atoms with Gasteiger partial charge in [-0.25, -0.2) is 4.98 Å². The molecule has 12 nitrogen and oxygen atoms in total. The molecule has 0 bridgehead atoms. The molecule has 2 heterocycles. The topological polar surface area (TPSA) is 123 Å². The number of unbranched alkanes of at least 4 members (excludes halogenated alkanes) is 2. The van der Waals surface area contributed by atoms with Gasteiger partial charge in [-0.15, -0.1) is 37.2 Å². The number of imidazole rings is 1. The SMILES string of the molecule is COc1cc(C(=O)N(C)c2ccc(C)cc2OCCCCCC(=O)N2CCN(C)CC2)ccc1C(=O)Nc1cccc2[nH]c(CCN(C)C)nc12.Cl.Cl.Cl. The normalized spacial score (nSPS) is 12.7. The molecule has 296 valence electrons. The number of carbonyl (C=O) groups is 3. The lowest BCUT2D eigenvalue weighted by Gasteiger charge is -2.32. The molecule has 1 aliphatic heterocycles. The summed E-state index contributed by atoms with van der Waals surface area (Å²) >= 11 is 0. The van der Waals surface area contributed by atoms with Gasteiger partial charge in [-0.3, -0.25) is 14.4 Å². The summed E-state index contributed by atoms with van der Waals surface area (Å²) in [5.74, 6) is 1.31. The molecule has 0 saturated carbocycles. The Morgan fingerprint density at radius 2 is 1.65 bits per heavy atom. The number of halogens is 3. The predicted molar refractivity (Wildman–Crippen MR) is 223 cm³/mol. The Morgan fingerprint density at radius 1 is 0.907 bits per heavy atom. The number of benzene rings is 3. The Kier molecular flexibility index (Phi) is 18.5. The number of anilines is 2. The Balaban J connectivity index is 0.00000336. The second kappa shape index (κ2) is 21.7. The van der Waals surface area contributed by atoms with Gasteiger partial charge in [-0.1, -0.05) is 12.1 Å². The molecule has 0 unspecified atom stereocenters. The van der Waals surface area contributed by atoms with Gasteiger partial charge in [0.15, 0.2) is 0 Å². The molecule has 0 radical (unpaired) electrons. The molecule has 0 aliphatic carbocycles. The highest BCUT2D eigenvalue weighted by Gasteiger charge is 2.22. The van der Waals surface area contributed by atoms with E-state index in [0.29, 0.717) is 46.8 Å². The van der Waals surface area contributed by atoms with Crippen LogP contribution >= 0.6 is 37.2 Å². The van der Waals surface area contributed by atoms with Gasteiger partial charge in [0.1, 0.15) is 22.8 Å². The number of para-hydroxylation sites is 1. The zero-order valence-corrected chi connectivity index (χ0v) is 34.4. The Labute approximate surface area is 337 Å². The molecular weight excluding hydrogens is 753 g/mol. The summed E-state index contributed by atoms with van der Waals surface area (Å²) in [6.45, 7) is 6.75. The molecule has 1 aromatic heterocycles. The number of carbonyl (C=O) groups excluding carboxylic acids is 3. The number of rotatable bonds is 15. The van der Waals surface area contributed by atoms with Crippen molar-refractivity contribution in [3.8, 4) is 11.5 Å². The van der Waals surface area contributed by atoms with Crippen LogP contribution in [0.25, 0.3) is 11.0 Å². The molecule has 15 heteroatoms. The third-order valence-electron chi connectivity index (χ3n) is 9.23. The summed E-state index contributed by atoms with van der Waals surface area (Å²) in [5.41, 5.74) is 4.40. The van der Waals surface area contributed by atoms with Crippen LogP contribution in [0.2, 0.25) is 0 Å². The van der Waals surface area contributed by atoms with Gasteiger partial charge in [0.2, 0.25) is 5.91 Å². The number of piperazine rings is 1. The molecule has 54 heavy (non-hydrogen) atoms. The molecule has 3 aromatic carbocycles. The number of aromatic amines is 1. The van der Waals surface area contributed by atoms with Gasteiger partial charge < -0.3 is 39.4 Å². The molecule has 5 rings (SSSR count). The van der Waals surface area contributed by atoms with E-state index in [1.807, 2.05) is 62.3 Å². The van der Waals surface area contributed by atoms with Crippen LogP contribution < -0.4 is 19.7 Å². The van der Waals surface area contributed by atoms with Gasteiger partial charge in [0, 0.05) is 58.2 Å². The van der Waals surface area contributed by atoms with E-state index in [1.165, 1.54) is 7.11 Å². The van der Waals surface area contributed by atoms with Crippen LogP contribution in [0.15, 0.2) is 54.6 Å². The molecule has 1 saturated heterocycles. The average molecular weight is 807 g/mol. The Hall–Kier alpha value is -4.07. The minimum absolute atomic E-state index is 0. The maximum atomic E-state index is 13.8. The first-order valence-corrected chi connectivity index (χ1v) is 17.6. The zero-order valence-electron chi connectivity index (χ0n) is 32.0. The second-order valence-electron chi connectivity index (χ2n) is 13.5. The second-order valence-corrected chi connectivity index (χ2v) is 13.5. The van der Waals surface area contributed by atoms with E-state index in [2.05, 4.69) is 27.1 Å². The number of ether oxygens (including phenoxy) is 2. The van der Waals surface area contributed by atoms with Crippen molar-refractivity contribution in [1.29, 1.82) is 0 Å². The lowest BCUT2D eigenvalue weighted by molar-refractivity contribution is -0.132. The van der Waals surface area contributed by atoms with E-state index < -0.39 is 0 Å².